The molecule has 0 aliphatic rings. The first-order valence-corrected chi connectivity index (χ1v) is 6.40. The van der Waals surface area contributed by atoms with Crippen molar-refractivity contribution < 1.29 is 4.79 Å². The fourth-order valence-electron chi connectivity index (χ4n) is 1.69. The van der Waals surface area contributed by atoms with E-state index in [0.29, 0.717) is 11.2 Å². The van der Waals surface area contributed by atoms with Crippen LogP contribution in [0.25, 0.3) is 5.65 Å². The number of halogens is 1. The van der Waals surface area contributed by atoms with Crippen LogP contribution >= 0.6 is 15.9 Å². The molecule has 2 aromatic heterocycles. The number of carbonyl (C=O) groups is 1. The number of rotatable bonds is 2. The van der Waals surface area contributed by atoms with E-state index >= 15 is 0 Å². The molecule has 2 heterocycles. The van der Waals surface area contributed by atoms with Gasteiger partial charge in [-0.2, -0.15) is 4.98 Å². The molecule has 0 aliphatic heterocycles. The lowest BCUT2D eigenvalue weighted by Gasteiger charge is -1.99. The Morgan fingerprint density at radius 3 is 2.68 bits per heavy atom. The SMILES string of the molecule is O=C(Nc1nc2c(Br)cccn2n1)c1ccccc1. The predicted molar refractivity (Wildman–Crippen MR) is 75.1 cm³/mol. The van der Waals surface area contributed by atoms with Crippen molar-refractivity contribution in [3.63, 3.8) is 0 Å². The van der Waals surface area contributed by atoms with Gasteiger partial charge in [0.15, 0.2) is 5.65 Å². The maximum atomic E-state index is 12.0. The van der Waals surface area contributed by atoms with Crippen LogP contribution in [0.2, 0.25) is 0 Å². The zero-order valence-corrected chi connectivity index (χ0v) is 11.3. The van der Waals surface area contributed by atoms with Gasteiger partial charge in [0.25, 0.3) is 5.91 Å². The van der Waals surface area contributed by atoms with Crippen LogP contribution in [0.1, 0.15) is 10.4 Å². The number of hydrogen-bond acceptors (Lipinski definition) is 3. The molecule has 0 spiro atoms. The van der Waals surface area contributed by atoms with Crippen LogP contribution in [-0.4, -0.2) is 20.5 Å². The summed E-state index contributed by atoms with van der Waals surface area (Å²) < 4.78 is 2.42. The number of anilines is 1. The molecule has 94 valence electrons. The van der Waals surface area contributed by atoms with Crippen LogP contribution in [0.4, 0.5) is 5.95 Å². The number of nitrogens with zero attached hydrogens (tertiary/aromatic N) is 3. The van der Waals surface area contributed by atoms with Gasteiger partial charge in [-0.15, -0.1) is 5.10 Å². The van der Waals surface area contributed by atoms with Crippen molar-refractivity contribution in [3.8, 4) is 0 Å². The first kappa shape index (κ1) is 11.9. The van der Waals surface area contributed by atoms with Crippen molar-refractivity contribution >= 4 is 33.4 Å². The number of benzene rings is 1. The second kappa shape index (κ2) is 4.81. The van der Waals surface area contributed by atoms with Gasteiger partial charge in [-0.1, -0.05) is 18.2 Å². The van der Waals surface area contributed by atoms with Gasteiger partial charge < -0.3 is 0 Å². The zero-order chi connectivity index (χ0) is 13.2. The van der Waals surface area contributed by atoms with Gasteiger partial charge in [0.05, 0.1) is 4.47 Å². The standard InChI is InChI=1S/C13H9BrN4O/c14-10-7-4-8-18-11(10)15-13(17-18)16-12(19)9-5-2-1-3-6-9/h1-8H,(H,16,17,19). The molecule has 1 aromatic carbocycles. The summed E-state index contributed by atoms with van der Waals surface area (Å²) in [5, 5.41) is 6.85. The van der Waals surface area contributed by atoms with Crippen LogP contribution in [0.3, 0.4) is 0 Å². The molecule has 1 N–H and O–H groups in total. The van der Waals surface area contributed by atoms with Gasteiger partial charge >= 0.3 is 0 Å². The van der Waals surface area contributed by atoms with Gasteiger partial charge in [0.2, 0.25) is 5.95 Å². The summed E-state index contributed by atoms with van der Waals surface area (Å²) >= 11 is 3.39. The van der Waals surface area contributed by atoms with Crippen molar-refractivity contribution in [3.05, 3.63) is 58.7 Å². The molecule has 3 aromatic rings. The van der Waals surface area contributed by atoms with E-state index in [4.69, 9.17) is 0 Å². The lowest BCUT2D eigenvalue weighted by molar-refractivity contribution is 0.102. The topological polar surface area (TPSA) is 59.3 Å². The summed E-state index contributed by atoms with van der Waals surface area (Å²) in [4.78, 5) is 16.2. The van der Waals surface area contributed by atoms with Crippen molar-refractivity contribution in [1.29, 1.82) is 0 Å². The van der Waals surface area contributed by atoms with E-state index in [1.807, 2.05) is 30.3 Å². The summed E-state index contributed by atoms with van der Waals surface area (Å²) in [5.41, 5.74) is 1.23. The number of hydrogen-bond donors (Lipinski definition) is 1. The molecule has 0 atom stereocenters. The van der Waals surface area contributed by atoms with E-state index in [9.17, 15) is 4.79 Å². The van der Waals surface area contributed by atoms with Crippen molar-refractivity contribution in [2.24, 2.45) is 0 Å². The summed E-state index contributed by atoms with van der Waals surface area (Å²) in [6.45, 7) is 0. The van der Waals surface area contributed by atoms with E-state index in [0.717, 1.165) is 4.47 Å². The second-order valence-corrected chi connectivity index (χ2v) is 4.73. The first-order chi connectivity index (χ1) is 9.24. The second-order valence-electron chi connectivity index (χ2n) is 3.88. The maximum Gasteiger partial charge on any atom is 0.258 e. The Balaban J connectivity index is 1.90. The lowest BCUT2D eigenvalue weighted by atomic mass is 10.2. The lowest BCUT2D eigenvalue weighted by Crippen LogP contribution is -2.12. The molecular weight excluding hydrogens is 308 g/mol. The van der Waals surface area contributed by atoms with Gasteiger partial charge in [0.1, 0.15) is 0 Å². The van der Waals surface area contributed by atoms with Crippen LogP contribution < -0.4 is 5.32 Å². The first-order valence-electron chi connectivity index (χ1n) is 5.61. The molecule has 5 nitrogen and oxygen atoms in total. The minimum atomic E-state index is -0.229. The number of aromatic nitrogens is 3. The molecule has 3 rings (SSSR count). The fourth-order valence-corrected chi connectivity index (χ4v) is 2.11. The third-order valence-corrected chi connectivity index (χ3v) is 3.19. The Labute approximate surface area is 117 Å². The quantitative estimate of drug-likeness (QED) is 0.790. The molecule has 0 radical (unpaired) electrons. The zero-order valence-electron chi connectivity index (χ0n) is 9.75. The number of nitrogens with one attached hydrogen (secondary N) is 1. The van der Waals surface area contributed by atoms with E-state index in [2.05, 4.69) is 31.3 Å². The highest BCUT2D eigenvalue weighted by atomic mass is 79.9. The number of amides is 1. The van der Waals surface area contributed by atoms with Crippen LogP contribution in [-0.2, 0) is 0 Å². The Hall–Kier alpha value is -2.21. The van der Waals surface area contributed by atoms with Gasteiger partial charge in [-0.05, 0) is 40.2 Å². The molecule has 1 amide bonds. The smallest absolute Gasteiger partial charge is 0.258 e. The molecule has 0 fully saturated rings. The van der Waals surface area contributed by atoms with Gasteiger partial charge in [0, 0.05) is 11.8 Å². The van der Waals surface area contributed by atoms with Crippen molar-refractivity contribution in [2.75, 3.05) is 5.32 Å². The van der Waals surface area contributed by atoms with E-state index in [1.54, 1.807) is 22.8 Å². The molecule has 19 heavy (non-hydrogen) atoms. The van der Waals surface area contributed by atoms with Gasteiger partial charge in [-0.25, -0.2) is 4.52 Å². The highest BCUT2D eigenvalue weighted by Crippen LogP contribution is 2.17. The molecular formula is C13H9BrN4O. The Bertz CT molecular complexity index is 739. The molecule has 0 bridgehead atoms. The van der Waals surface area contributed by atoms with Crippen LogP contribution in [0, 0.1) is 0 Å². The minimum Gasteiger partial charge on any atom is -0.289 e. The minimum absolute atomic E-state index is 0.229. The molecule has 0 unspecified atom stereocenters. The number of pyridine rings is 1. The van der Waals surface area contributed by atoms with E-state index in [-0.39, 0.29) is 11.9 Å². The number of fused-ring (bicyclic) bond motifs is 1. The average Bonchev–Trinajstić information content (AvgIpc) is 2.84. The third kappa shape index (κ3) is 2.34. The molecule has 6 heteroatoms. The highest BCUT2D eigenvalue weighted by Gasteiger charge is 2.10. The van der Waals surface area contributed by atoms with Crippen LogP contribution in [0.15, 0.2) is 53.1 Å². The summed E-state index contributed by atoms with van der Waals surface area (Å²) in [7, 11) is 0. The van der Waals surface area contributed by atoms with E-state index < -0.39 is 0 Å². The van der Waals surface area contributed by atoms with Crippen molar-refractivity contribution in [2.45, 2.75) is 0 Å². The Kier molecular flexibility index (Phi) is 3.00. The Morgan fingerprint density at radius 2 is 1.95 bits per heavy atom. The normalized spacial score (nSPS) is 10.6. The van der Waals surface area contributed by atoms with Crippen LogP contribution in [0.5, 0.6) is 0 Å². The van der Waals surface area contributed by atoms with E-state index in [1.165, 1.54) is 0 Å². The summed E-state index contributed by atoms with van der Waals surface area (Å²) in [6, 6.07) is 12.7. The van der Waals surface area contributed by atoms with Gasteiger partial charge in [-0.3, -0.25) is 10.1 Å². The third-order valence-electron chi connectivity index (χ3n) is 2.58. The largest absolute Gasteiger partial charge is 0.289 e. The summed E-state index contributed by atoms with van der Waals surface area (Å²) in [5.74, 6) is 0.0494. The monoisotopic (exact) mass is 316 g/mol. The van der Waals surface area contributed by atoms with Crippen molar-refractivity contribution in [1.82, 2.24) is 14.6 Å². The fraction of sp³-hybridized carbons (Fsp3) is 0. The molecule has 0 saturated heterocycles. The molecule has 0 aliphatic carbocycles. The summed E-state index contributed by atoms with van der Waals surface area (Å²) in [6.07, 6.45) is 1.77. The molecule has 0 saturated carbocycles. The maximum absolute atomic E-state index is 12.0. The average molecular weight is 317 g/mol. The number of carbonyl (C=O) groups excluding carboxylic acids is 1. The Morgan fingerprint density at radius 1 is 1.16 bits per heavy atom. The predicted octanol–water partition coefficient (Wildman–Crippen LogP) is 2.74. The highest BCUT2D eigenvalue weighted by molar-refractivity contribution is 9.10.